The van der Waals surface area contributed by atoms with Gasteiger partial charge in [-0.2, -0.15) is 0 Å². The van der Waals surface area contributed by atoms with Crippen molar-refractivity contribution in [1.82, 2.24) is 4.72 Å². The zero-order chi connectivity index (χ0) is 24.1. The molecule has 1 heterocycles. The number of sulfonamides is 1. The van der Waals surface area contributed by atoms with Crippen LogP contribution in [0.15, 0.2) is 76.2 Å². The molecule has 0 aliphatic heterocycles. The number of ether oxygens (including phenoxy) is 1. The first-order valence-corrected chi connectivity index (χ1v) is 11.7. The molecule has 3 rings (SSSR count). The molecule has 1 aromatic heterocycles. The predicted octanol–water partition coefficient (Wildman–Crippen LogP) is 3.85. The van der Waals surface area contributed by atoms with Gasteiger partial charge in [0.1, 0.15) is 5.76 Å². The lowest BCUT2D eigenvalue weighted by Crippen LogP contribution is -2.23. The topological polar surface area (TPSA) is 115 Å². The second-order valence-corrected chi connectivity index (χ2v) is 10.1. The van der Waals surface area contributed by atoms with Gasteiger partial charge in [0.2, 0.25) is 10.0 Å². The van der Waals surface area contributed by atoms with Gasteiger partial charge >= 0.3 is 5.97 Å². The van der Waals surface area contributed by atoms with Gasteiger partial charge in [-0.3, -0.25) is 4.79 Å². The lowest BCUT2D eigenvalue weighted by Gasteiger charge is -2.19. The molecule has 8 nitrogen and oxygen atoms in total. The van der Waals surface area contributed by atoms with Crippen molar-refractivity contribution < 1.29 is 27.2 Å². The maximum absolute atomic E-state index is 12.4. The van der Waals surface area contributed by atoms with Crippen LogP contribution >= 0.6 is 0 Å². The number of benzene rings is 2. The minimum atomic E-state index is -3.78. The van der Waals surface area contributed by atoms with E-state index in [4.69, 9.17) is 9.15 Å². The fourth-order valence-corrected chi connectivity index (χ4v) is 3.89. The zero-order valence-corrected chi connectivity index (χ0v) is 19.4. The fourth-order valence-electron chi connectivity index (χ4n) is 2.90. The molecule has 1 amide bonds. The van der Waals surface area contributed by atoms with Crippen molar-refractivity contribution >= 4 is 27.6 Å². The van der Waals surface area contributed by atoms with E-state index >= 15 is 0 Å². The molecule has 0 bridgehead atoms. The Kier molecular flexibility index (Phi) is 7.35. The highest BCUT2D eigenvalue weighted by Crippen LogP contribution is 2.23. The van der Waals surface area contributed by atoms with Gasteiger partial charge in [0, 0.05) is 5.69 Å². The van der Waals surface area contributed by atoms with Crippen molar-refractivity contribution in [3.05, 3.63) is 83.8 Å². The number of anilines is 1. The van der Waals surface area contributed by atoms with Crippen molar-refractivity contribution in [3.63, 3.8) is 0 Å². The summed E-state index contributed by atoms with van der Waals surface area (Å²) >= 11 is 0. The van der Waals surface area contributed by atoms with Crippen LogP contribution in [0.2, 0.25) is 0 Å². The third-order valence-corrected chi connectivity index (χ3v) is 6.20. The molecule has 0 fully saturated rings. The highest BCUT2D eigenvalue weighted by Gasteiger charge is 2.17. The molecular weight excluding hydrogens is 444 g/mol. The van der Waals surface area contributed by atoms with E-state index in [9.17, 15) is 18.0 Å². The van der Waals surface area contributed by atoms with Crippen LogP contribution in [0.4, 0.5) is 5.69 Å². The number of carbonyl (C=O) groups excluding carboxylic acids is 2. The molecule has 0 saturated carbocycles. The summed E-state index contributed by atoms with van der Waals surface area (Å²) in [6, 6.07) is 16.0. The quantitative estimate of drug-likeness (QED) is 0.483. The standard InChI is InChI=1S/C24H26N2O6S/c1-24(2,3)18-8-10-19(11-9-18)26-22(27)16-32-23(28)17-6-12-21(13-7-17)33(29,30)25-15-20-5-4-14-31-20/h4-14,25H,15-16H2,1-3H3,(H,26,27). The van der Waals surface area contributed by atoms with Crippen molar-refractivity contribution in [2.75, 3.05) is 11.9 Å². The monoisotopic (exact) mass is 470 g/mol. The van der Waals surface area contributed by atoms with Gasteiger partial charge in [0.15, 0.2) is 6.61 Å². The molecule has 2 aromatic carbocycles. The van der Waals surface area contributed by atoms with Gasteiger partial charge in [-0.05, 0) is 59.5 Å². The minimum Gasteiger partial charge on any atom is -0.468 e. The molecule has 0 saturated heterocycles. The van der Waals surface area contributed by atoms with Gasteiger partial charge in [-0.1, -0.05) is 32.9 Å². The van der Waals surface area contributed by atoms with Crippen molar-refractivity contribution in [3.8, 4) is 0 Å². The van der Waals surface area contributed by atoms with E-state index in [1.807, 2.05) is 12.1 Å². The summed E-state index contributed by atoms with van der Waals surface area (Å²) in [4.78, 5) is 24.3. The second kappa shape index (κ2) is 10.0. The highest BCUT2D eigenvalue weighted by atomic mass is 32.2. The summed E-state index contributed by atoms with van der Waals surface area (Å²) in [6.45, 7) is 5.83. The Hall–Kier alpha value is -3.43. The van der Waals surface area contributed by atoms with Crippen LogP contribution in [0.1, 0.15) is 42.5 Å². The Morgan fingerprint density at radius 3 is 2.21 bits per heavy atom. The maximum Gasteiger partial charge on any atom is 0.338 e. The molecule has 0 radical (unpaired) electrons. The third kappa shape index (κ3) is 6.77. The normalized spacial score (nSPS) is 11.7. The Labute approximate surface area is 193 Å². The van der Waals surface area contributed by atoms with Gasteiger partial charge in [-0.25, -0.2) is 17.9 Å². The molecule has 2 N–H and O–H groups in total. The van der Waals surface area contributed by atoms with Crippen LogP contribution < -0.4 is 10.0 Å². The number of amides is 1. The van der Waals surface area contributed by atoms with E-state index < -0.39 is 28.5 Å². The van der Waals surface area contributed by atoms with Gasteiger partial charge in [0.05, 0.1) is 23.3 Å². The lowest BCUT2D eigenvalue weighted by atomic mass is 9.87. The SMILES string of the molecule is CC(C)(C)c1ccc(NC(=O)COC(=O)c2ccc(S(=O)(=O)NCc3ccco3)cc2)cc1. The van der Waals surface area contributed by atoms with Crippen LogP contribution in [0, 0.1) is 0 Å². The molecule has 0 unspecified atom stereocenters. The Morgan fingerprint density at radius 2 is 1.64 bits per heavy atom. The lowest BCUT2D eigenvalue weighted by molar-refractivity contribution is -0.119. The molecule has 174 valence electrons. The molecule has 33 heavy (non-hydrogen) atoms. The summed E-state index contributed by atoms with van der Waals surface area (Å²) in [5.41, 5.74) is 1.86. The van der Waals surface area contributed by atoms with Crippen LogP contribution in [0.25, 0.3) is 0 Å². The fraction of sp³-hybridized carbons (Fsp3) is 0.250. The van der Waals surface area contributed by atoms with Gasteiger partial charge in [-0.15, -0.1) is 0 Å². The van der Waals surface area contributed by atoms with E-state index in [1.165, 1.54) is 30.5 Å². The molecule has 0 spiro atoms. The first-order chi connectivity index (χ1) is 15.5. The van der Waals surface area contributed by atoms with E-state index in [-0.39, 0.29) is 22.4 Å². The van der Waals surface area contributed by atoms with Gasteiger partial charge in [0.25, 0.3) is 5.91 Å². The summed E-state index contributed by atoms with van der Waals surface area (Å²) in [5.74, 6) is -0.740. The number of nitrogens with one attached hydrogen (secondary N) is 2. The van der Waals surface area contributed by atoms with E-state index in [0.717, 1.165) is 5.56 Å². The summed E-state index contributed by atoms with van der Waals surface area (Å²) in [5, 5.41) is 2.67. The van der Waals surface area contributed by atoms with Crippen molar-refractivity contribution in [2.24, 2.45) is 0 Å². The summed E-state index contributed by atoms with van der Waals surface area (Å²) in [7, 11) is -3.78. The van der Waals surface area contributed by atoms with E-state index in [1.54, 1.807) is 24.3 Å². The number of hydrogen-bond acceptors (Lipinski definition) is 6. The Balaban J connectivity index is 1.51. The second-order valence-electron chi connectivity index (χ2n) is 8.38. The Bertz CT molecular complexity index is 1190. The smallest absolute Gasteiger partial charge is 0.338 e. The molecule has 0 aliphatic rings. The maximum atomic E-state index is 12.4. The highest BCUT2D eigenvalue weighted by molar-refractivity contribution is 7.89. The average Bonchev–Trinajstić information content (AvgIpc) is 3.30. The largest absolute Gasteiger partial charge is 0.468 e. The van der Waals surface area contributed by atoms with Crippen LogP contribution in [-0.2, 0) is 31.5 Å². The molecule has 0 aliphatic carbocycles. The number of esters is 1. The molecule has 3 aromatic rings. The van der Waals surface area contributed by atoms with Crippen molar-refractivity contribution in [1.29, 1.82) is 0 Å². The van der Waals surface area contributed by atoms with E-state index in [0.29, 0.717) is 11.4 Å². The number of furan rings is 1. The van der Waals surface area contributed by atoms with Crippen molar-refractivity contribution in [2.45, 2.75) is 37.6 Å². The van der Waals surface area contributed by atoms with Crippen LogP contribution in [-0.4, -0.2) is 26.9 Å². The van der Waals surface area contributed by atoms with Gasteiger partial charge < -0.3 is 14.5 Å². The van der Waals surface area contributed by atoms with E-state index in [2.05, 4.69) is 30.8 Å². The van der Waals surface area contributed by atoms with Crippen LogP contribution in [0.5, 0.6) is 0 Å². The molecular formula is C24H26N2O6S. The third-order valence-electron chi connectivity index (χ3n) is 4.79. The summed E-state index contributed by atoms with van der Waals surface area (Å²) in [6.07, 6.45) is 1.45. The predicted molar refractivity (Wildman–Crippen MR) is 123 cm³/mol. The van der Waals surface area contributed by atoms with Crippen LogP contribution in [0.3, 0.4) is 0 Å². The zero-order valence-electron chi connectivity index (χ0n) is 18.6. The minimum absolute atomic E-state index is 0.00241. The summed E-state index contributed by atoms with van der Waals surface area (Å²) < 4.78 is 37.2. The Morgan fingerprint density at radius 1 is 0.970 bits per heavy atom. The average molecular weight is 471 g/mol. The first kappa shape index (κ1) is 24.2. The number of hydrogen-bond donors (Lipinski definition) is 2. The first-order valence-electron chi connectivity index (χ1n) is 10.2. The molecule has 9 heteroatoms. The number of carbonyl (C=O) groups is 2. The molecule has 0 atom stereocenters. The number of rotatable bonds is 8.